The van der Waals surface area contributed by atoms with E-state index < -0.39 is 11.6 Å². The van der Waals surface area contributed by atoms with Gasteiger partial charge in [-0.3, -0.25) is 4.79 Å². The van der Waals surface area contributed by atoms with Gasteiger partial charge in [0.15, 0.2) is 5.60 Å². The van der Waals surface area contributed by atoms with Gasteiger partial charge in [-0.2, -0.15) is 0 Å². The first-order valence-corrected chi connectivity index (χ1v) is 11.5. The van der Waals surface area contributed by atoms with Gasteiger partial charge >= 0.3 is 5.97 Å². The molecular weight excluding hydrogens is 398 g/mol. The number of thiophene rings is 1. The Morgan fingerprint density at radius 1 is 1.27 bits per heavy atom. The Labute approximate surface area is 180 Å². The predicted octanol–water partition coefficient (Wildman–Crippen LogP) is 5.13. The second-order valence-corrected chi connectivity index (χ2v) is 10.1. The molecule has 1 aliphatic heterocycles. The molecular formula is C24H27NO4S. The van der Waals surface area contributed by atoms with Crippen LogP contribution in [0.25, 0.3) is 11.1 Å². The number of nitrogens with one attached hydrogen (secondary N) is 1. The molecule has 6 heteroatoms. The van der Waals surface area contributed by atoms with E-state index in [1.165, 1.54) is 11.3 Å². The summed E-state index contributed by atoms with van der Waals surface area (Å²) in [6, 6.07) is 9.71. The van der Waals surface area contributed by atoms with Crippen LogP contribution >= 0.6 is 11.3 Å². The molecule has 2 heterocycles. The van der Waals surface area contributed by atoms with Crippen molar-refractivity contribution in [3.05, 3.63) is 41.3 Å². The average Bonchev–Trinajstić information content (AvgIpc) is 3.39. The molecule has 0 radical (unpaired) electrons. The van der Waals surface area contributed by atoms with Crippen LogP contribution in [0.1, 0.15) is 50.4 Å². The molecule has 3 fully saturated rings. The van der Waals surface area contributed by atoms with Gasteiger partial charge in [0.25, 0.3) is 5.91 Å². The number of ether oxygens (including phenoxy) is 2. The molecule has 5 rings (SSSR count). The lowest BCUT2D eigenvalue weighted by atomic mass is 9.66. The Hall–Kier alpha value is -2.18. The molecule has 1 aromatic heterocycles. The highest BCUT2D eigenvalue weighted by Crippen LogP contribution is 2.75. The summed E-state index contributed by atoms with van der Waals surface area (Å²) >= 11 is 1.36. The van der Waals surface area contributed by atoms with Crippen molar-refractivity contribution in [1.29, 1.82) is 0 Å². The van der Waals surface area contributed by atoms with Crippen molar-refractivity contribution in [3.8, 4) is 11.1 Å². The van der Waals surface area contributed by atoms with Gasteiger partial charge in [0.1, 0.15) is 10.6 Å². The smallest absolute Gasteiger partial charge is 0.341 e. The maximum Gasteiger partial charge on any atom is 0.341 e. The first-order chi connectivity index (χ1) is 14.4. The minimum Gasteiger partial charge on any atom is -0.462 e. The number of anilines is 1. The summed E-state index contributed by atoms with van der Waals surface area (Å²) in [5.74, 6) is -0.0144. The summed E-state index contributed by atoms with van der Waals surface area (Å²) in [5, 5.41) is 5.53. The summed E-state index contributed by atoms with van der Waals surface area (Å²) in [4.78, 5) is 26.5. The second kappa shape index (κ2) is 6.66. The van der Waals surface area contributed by atoms with E-state index >= 15 is 0 Å². The second-order valence-electron chi connectivity index (χ2n) is 9.20. The number of carbonyl (C=O) groups is 2. The fourth-order valence-electron chi connectivity index (χ4n) is 6.15. The fourth-order valence-corrected chi connectivity index (χ4v) is 7.10. The molecule has 5 nitrogen and oxygen atoms in total. The van der Waals surface area contributed by atoms with E-state index in [2.05, 4.69) is 19.2 Å². The van der Waals surface area contributed by atoms with E-state index in [1.54, 1.807) is 6.92 Å². The molecule has 0 spiro atoms. The third-order valence-corrected chi connectivity index (χ3v) is 9.04. The quantitative estimate of drug-likeness (QED) is 0.675. The van der Waals surface area contributed by atoms with Crippen LogP contribution < -0.4 is 5.32 Å². The lowest BCUT2D eigenvalue weighted by Crippen LogP contribution is -2.52. The first kappa shape index (κ1) is 19.8. The van der Waals surface area contributed by atoms with Crippen molar-refractivity contribution in [2.45, 2.75) is 45.6 Å². The largest absolute Gasteiger partial charge is 0.462 e. The molecule has 2 aromatic rings. The highest BCUT2D eigenvalue weighted by Gasteiger charge is 2.78. The molecule has 0 unspecified atom stereocenters. The standard InChI is InChI=1S/C24H27NO4S/c1-4-28-20(26)18-17(15-8-6-5-7-9-15)13-30-19(18)25-21(27)24-12-16-10-11-23(24,3)22(16,2)14-29-24/h5-9,13,16H,4,10-12,14H2,1-3H3,(H,25,27)/t16-,22+,23+,24+/m0/s1. The van der Waals surface area contributed by atoms with Crippen LogP contribution in [0.4, 0.5) is 5.00 Å². The van der Waals surface area contributed by atoms with Crippen LogP contribution in [0.15, 0.2) is 35.7 Å². The van der Waals surface area contributed by atoms with E-state index in [0.29, 0.717) is 23.1 Å². The minimum absolute atomic E-state index is 0.0545. The molecule has 1 aromatic carbocycles. The van der Waals surface area contributed by atoms with E-state index in [9.17, 15) is 9.59 Å². The molecule has 1 saturated heterocycles. The highest BCUT2D eigenvalue weighted by molar-refractivity contribution is 7.15. The number of esters is 1. The van der Waals surface area contributed by atoms with Crippen LogP contribution in [0, 0.1) is 16.7 Å². The third-order valence-electron chi connectivity index (χ3n) is 8.15. The summed E-state index contributed by atoms with van der Waals surface area (Å²) < 4.78 is 11.6. The molecule has 2 saturated carbocycles. The normalized spacial score (nSPS) is 33.6. The van der Waals surface area contributed by atoms with Crippen LogP contribution in [-0.2, 0) is 14.3 Å². The third kappa shape index (κ3) is 2.38. The summed E-state index contributed by atoms with van der Waals surface area (Å²) in [6.07, 6.45) is 2.93. The lowest BCUT2D eigenvalue weighted by Gasteiger charge is -2.39. The number of benzene rings is 1. The fraction of sp³-hybridized carbons (Fsp3) is 0.500. The van der Waals surface area contributed by atoms with Gasteiger partial charge in [-0.05, 0) is 37.7 Å². The topological polar surface area (TPSA) is 64.6 Å². The first-order valence-electron chi connectivity index (χ1n) is 10.7. The van der Waals surface area contributed by atoms with Gasteiger partial charge in [-0.15, -0.1) is 11.3 Å². The molecule has 4 atom stereocenters. The number of hydrogen-bond donors (Lipinski definition) is 1. The number of carbonyl (C=O) groups excluding carboxylic acids is 2. The highest BCUT2D eigenvalue weighted by atomic mass is 32.1. The van der Waals surface area contributed by atoms with Crippen molar-refractivity contribution in [2.24, 2.45) is 16.7 Å². The van der Waals surface area contributed by atoms with Crippen LogP contribution in [0.3, 0.4) is 0 Å². The molecule has 1 amide bonds. The molecule has 30 heavy (non-hydrogen) atoms. The number of hydrogen-bond acceptors (Lipinski definition) is 5. The molecule has 2 aliphatic carbocycles. The number of amides is 1. The van der Waals surface area contributed by atoms with Crippen molar-refractivity contribution in [3.63, 3.8) is 0 Å². The minimum atomic E-state index is -0.812. The molecule has 158 valence electrons. The Bertz CT molecular complexity index is 1020. The molecule has 4 bridgehead atoms. The SMILES string of the molecule is CCOC(=O)c1c(-c2ccccc2)csc1NC(=O)[C@]12C[C@@H]3CC[C@]1(C)[C@]3(C)CO2. The lowest BCUT2D eigenvalue weighted by molar-refractivity contribution is -0.149. The Morgan fingerprint density at radius 3 is 2.70 bits per heavy atom. The van der Waals surface area contributed by atoms with Gasteiger partial charge in [0, 0.05) is 21.8 Å². The van der Waals surface area contributed by atoms with Crippen molar-refractivity contribution >= 4 is 28.2 Å². The van der Waals surface area contributed by atoms with Gasteiger partial charge in [0.05, 0.1) is 13.2 Å². The molecule has 3 aliphatic rings. The van der Waals surface area contributed by atoms with Crippen molar-refractivity contribution in [1.82, 2.24) is 0 Å². The summed E-state index contributed by atoms with van der Waals surface area (Å²) in [5.41, 5.74) is 1.20. The van der Waals surface area contributed by atoms with Crippen LogP contribution in [0.5, 0.6) is 0 Å². The average molecular weight is 426 g/mol. The zero-order chi connectivity index (χ0) is 21.1. The zero-order valence-corrected chi connectivity index (χ0v) is 18.4. The van der Waals surface area contributed by atoms with Gasteiger partial charge in [-0.1, -0.05) is 44.2 Å². The molecule has 1 N–H and O–H groups in total. The Morgan fingerprint density at radius 2 is 2.03 bits per heavy atom. The monoisotopic (exact) mass is 425 g/mol. The maximum absolute atomic E-state index is 13.6. The van der Waals surface area contributed by atoms with E-state index in [0.717, 1.165) is 30.4 Å². The predicted molar refractivity (Wildman–Crippen MR) is 117 cm³/mol. The van der Waals surface area contributed by atoms with Gasteiger partial charge in [0.2, 0.25) is 0 Å². The maximum atomic E-state index is 13.6. The van der Waals surface area contributed by atoms with Crippen LogP contribution in [0.2, 0.25) is 0 Å². The zero-order valence-electron chi connectivity index (χ0n) is 17.6. The van der Waals surface area contributed by atoms with Gasteiger partial charge < -0.3 is 14.8 Å². The summed E-state index contributed by atoms with van der Waals surface area (Å²) in [6.45, 7) is 7.18. The van der Waals surface area contributed by atoms with Gasteiger partial charge in [-0.25, -0.2) is 4.79 Å². The summed E-state index contributed by atoms with van der Waals surface area (Å²) in [7, 11) is 0. The van der Waals surface area contributed by atoms with E-state index in [-0.39, 0.29) is 23.3 Å². The van der Waals surface area contributed by atoms with Crippen LogP contribution in [-0.4, -0.2) is 30.7 Å². The van der Waals surface area contributed by atoms with E-state index in [1.807, 2.05) is 35.7 Å². The van der Waals surface area contributed by atoms with Crippen molar-refractivity contribution < 1.29 is 19.1 Å². The van der Waals surface area contributed by atoms with Crippen molar-refractivity contribution in [2.75, 3.05) is 18.5 Å². The number of rotatable bonds is 5. The van der Waals surface area contributed by atoms with E-state index in [4.69, 9.17) is 9.47 Å². The Kier molecular flexibility index (Phi) is 4.39. The Balaban J connectivity index is 1.51.